The molecule has 0 unspecified atom stereocenters. The van der Waals surface area contributed by atoms with Crippen LogP contribution in [-0.2, 0) is 0 Å². The Morgan fingerprint density at radius 3 is 1.69 bits per heavy atom. The van der Waals surface area contributed by atoms with Crippen LogP contribution in [0.3, 0.4) is 0 Å². The van der Waals surface area contributed by atoms with Crippen molar-refractivity contribution in [3.05, 3.63) is 182 Å². The van der Waals surface area contributed by atoms with E-state index in [2.05, 4.69) is 191 Å². The first-order valence-corrected chi connectivity index (χ1v) is 19.2. The summed E-state index contributed by atoms with van der Waals surface area (Å²) in [7, 11) is 0. The van der Waals surface area contributed by atoms with Gasteiger partial charge in [-0.05, 0) is 96.1 Å². The van der Waals surface area contributed by atoms with E-state index in [0.29, 0.717) is 0 Å². The smallest absolute Gasteiger partial charge is 0.0541 e. The lowest BCUT2D eigenvalue weighted by Crippen LogP contribution is -2.09. The molecule has 0 amide bonds. The zero-order valence-corrected chi connectivity index (χ0v) is 29.7. The fraction of sp³-hybridized carbons (Fsp3) is 0. The molecular weight excluding hydrogens is 669 g/mol. The zero-order chi connectivity index (χ0) is 34.2. The van der Waals surface area contributed by atoms with Gasteiger partial charge in [-0.25, -0.2) is 0 Å². The Bertz CT molecular complexity index is 3130. The van der Waals surface area contributed by atoms with E-state index in [1.54, 1.807) is 0 Å². The van der Waals surface area contributed by atoms with Gasteiger partial charge < -0.3 is 9.47 Å². The normalized spacial score (nSPS) is 11.8. The lowest BCUT2D eigenvalue weighted by atomic mass is 10.0. The maximum absolute atomic E-state index is 2.41. The number of aromatic nitrogens is 1. The minimum absolute atomic E-state index is 1.13. The lowest BCUT2D eigenvalue weighted by Gasteiger charge is -2.26. The van der Waals surface area contributed by atoms with Crippen molar-refractivity contribution in [3.63, 3.8) is 0 Å². The number of fused-ring (bicyclic) bond motifs is 9. The molecule has 3 aromatic heterocycles. The number of benzene rings is 8. The molecule has 0 saturated heterocycles. The molecule has 0 radical (unpaired) electrons. The molecule has 2 nitrogen and oxygen atoms in total. The summed E-state index contributed by atoms with van der Waals surface area (Å²) >= 11 is 3.72. The van der Waals surface area contributed by atoms with Gasteiger partial charge in [0.2, 0.25) is 0 Å². The average Bonchev–Trinajstić information content (AvgIpc) is 3.87. The van der Waals surface area contributed by atoms with Gasteiger partial charge in [0.1, 0.15) is 0 Å². The highest BCUT2D eigenvalue weighted by atomic mass is 32.1. The first-order chi connectivity index (χ1) is 25.8. The molecule has 0 aliphatic carbocycles. The molecule has 0 spiro atoms. The summed E-state index contributed by atoms with van der Waals surface area (Å²) in [5.41, 5.74) is 9.45. The molecule has 0 saturated carbocycles. The van der Waals surface area contributed by atoms with Crippen LogP contribution < -0.4 is 4.90 Å². The molecule has 3 heterocycles. The fourth-order valence-corrected chi connectivity index (χ4v) is 10.2. The van der Waals surface area contributed by atoms with Crippen molar-refractivity contribution in [1.29, 1.82) is 0 Å². The Labute approximate surface area is 308 Å². The Morgan fingerprint density at radius 1 is 0.327 bits per heavy atom. The monoisotopic (exact) mass is 698 g/mol. The number of thiophene rings is 2. The van der Waals surface area contributed by atoms with Crippen LogP contribution in [0.25, 0.3) is 79.0 Å². The maximum Gasteiger partial charge on any atom is 0.0541 e. The van der Waals surface area contributed by atoms with Crippen LogP contribution in [0.4, 0.5) is 17.1 Å². The van der Waals surface area contributed by atoms with Crippen molar-refractivity contribution >= 4 is 102 Å². The predicted octanol–water partition coefficient (Wildman–Crippen LogP) is 14.7. The topological polar surface area (TPSA) is 8.17 Å². The van der Waals surface area contributed by atoms with Crippen molar-refractivity contribution in [2.24, 2.45) is 0 Å². The second-order valence-corrected chi connectivity index (χ2v) is 15.5. The third kappa shape index (κ3) is 4.62. The molecule has 52 heavy (non-hydrogen) atoms. The minimum atomic E-state index is 1.13. The van der Waals surface area contributed by atoms with Crippen molar-refractivity contribution in [2.45, 2.75) is 0 Å². The van der Waals surface area contributed by atoms with Gasteiger partial charge in [-0.2, -0.15) is 0 Å². The molecule has 11 rings (SSSR count). The van der Waals surface area contributed by atoms with Gasteiger partial charge in [0.15, 0.2) is 0 Å². The summed E-state index contributed by atoms with van der Waals surface area (Å²) in [5, 5.41) is 7.76. The average molecular weight is 699 g/mol. The minimum Gasteiger partial charge on any atom is -0.310 e. The second kappa shape index (κ2) is 11.7. The first-order valence-electron chi connectivity index (χ1n) is 17.6. The summed E-state index contributed by atoms with van der Waals surface area (Å²) in [6.45, 7) is 0. The van der Waals surface area contributed by atoms with E-state index in [1.165, 1.54) is 79.0 Å². The van der Waals surface area contributed by atoms with Gasteiger partial charge in [-0.15, -0.1) is 22.7 Å². The van der Waals surface area contributed by atoms with E-state index in [1.807, 2.05) is 22.7 Å². The standard InChI is InChI=1S/C48H30N2S2/c1-2-10-33(11-3-1)50-43-15-7-4-12-37(43)41-28-32(20-26-44(41)50)31-18-21-34(22-19-31)49(35-24-27-47-42(29-35)39-14-6-9-17-46(39)51-47)36-23-25-40-38-13-5-8-16-45(38)52-48(40)30-36/h1-30H. The van der Waals surface area contributed by atoms with Crippen LogP contribution in [0.15, 0.2) is 182 Å². The van der Waals surface area contributed by atoms with E-state index in [4.69, 9.17) is 0 Å². The van der Waals surface area contributed by atoms with Crippen LogP contribution in [0, 0.1) is 0 Å². The van der Waals surface area contributed by atoms with Crippen molar-refractivity contribution in [2.75, 3.05) is 4.90 Å². The van der Waals surface area contributed by atoms with Gasteiger partial charge in [0, 0.05) is 73.9 Å². The SMILES string of the molecule is c1ccc(-n2c3ccccc3c3cc(-c4ccc(N(c5ccc6c(c5)sc5ccccc56)c5ccc6sc7ccccc7c6c5)cc4)ccc32)cc1. The summed E-state index contributed by atoms with van der Waals surface area (Å²) < 4.78 is 7.62. The fourth-order valence-electron chi connectivity index (χ4n) is 7.96. The molecular formula is C48H30N2S2. The number of hydrogen-bond donors (Lipinski definition) is 0. The highest BCUT2D eigenvalue weighted by Gasteiger charge is 2.18. The van der Waals surface area contributed by atoms with Crippen molar-refractivity contribution in [3.8, 4) is 16.8 Å². The van der Waals surface area contributed by atoms with Gasteiger partial charge in [-0.1, -0.05) is 97.1 Å². The molecule has 0 aliphatic rings. The van der Waals surface area contributed by atoms with Gasteiger partial charge in [-0.3, -0.25) is 0 Å². The second-order valence-electron chi connectivity index (χ2n) is 13.4. The molecule has 0 aliphatic heterocycles. The summed E-state index contributed by atoms with van der Waals surface area (Å²) in [6.07, 6.45) is 0. The van der Waals surface area contributed by atoms with E-state index < -0.39 is 0 Å². The zero-order valence-electron chi connectivity index (χ0n) is 28.0. The van der Waals surface area contributed by atoms with E-state index in [0.717, 1.165) is 17.1 Å². The Kier molecular flexibility index (Phi) is 6.63. The summed E-state index contributed by atoms with van der Waals surface area (Å²) in [6, 6.07) is 66.7. The molecule has 0 bridgehead atoms. The molecule has 4 heteroatoms. The lowest BCUT2D eigenvalue weighted by molar-refractivity contribution is 1.18. The molecule has 0 fully saturated rings. The van der Waals surface area contributed by atoms with Crippen LogP contribution in [0.2, 0.25) is 0 Å². The third-order valence-corrected chi connectivity index (χ3v) is 12.7. The van der Waals surface area contributed by atoms with Crippen molar-refractivity contribution in [1.82, 2.24) is 4.57 Å². The largest absolute Gasteiger partial charge is 0.310 e. The number of nitrogens with zero attached hydrogens (tertiary/aromatic N) is 2. The molecule has 8 aromatic carbocycles. The van der Waals surface area contributed by atoms with Crippen LogP contribution in [0.5, 0.6) is 0 Å². The highest BCUT2D eigenvalue weighted by Crippen LogP contribution is 2.44. The van der Waals surface area contributed by atoms with E-state index in [9.17, 15) is 0 Å². The number of rotatable bonds is 5. The number of anilines is 3. The molecule has 244 valence electrons. The van der Waals surface area contributed by atoms with Gasteiger partial charge in [0.25, 0.3) is 0 Å². The summed E-state index contributed by atoms with van der Waals surface area (Å²) in [4.78, 5) is 2.41. The van der Waals surface area contributed by atoms with Crippen LogP contribution in [-0.4, -0.2) is 4.57 Å². The summed E-state index contributed by atoms with van der Waals surface area (Å²) in [5.74, 6) is 0. The van der Waals surface area contributed by atoms with Gasteiger partial charge in [0.05, 0.1) is 11.0 Å². The molecule has 0 atom stereocenters. The maximum atomic E-state index is 2.41. The Balaban J connectivity index is 1.05. The van der Waals surface area contributed by atoms with Crippen molar-refractivity contribution < 1.29 is 0 Å². The van der Waals surface area contributed by atoms with E-state index >= 15 is 0 Å². The predicted molar refractivity (Wildman–Crippen MR) is 227 cm³/mol. The quantitative estimate of drug-likeness (QED) is 0.174. The van der Waals surface area contributed by atoms with Gasteiger partial charge >= 0.3 is 0 Å². The Morgan fingerprint density at radius 2 is 0.885 bits per heavy atom. The number of para-hydroxylation sites is 2. The molecule has 0 N–H and O–H groups in total. The first kappa shape index (κ1) is 29.5. The third-order valence-electron chi connectivity index (χ3n) is 10.4. The van der Waals surface area contributed by atoms with Crippen LogP contribution in [0.1, 0.15) is 0 Å². The Hall–Kier alpha value is -6.20. The number of hydrogen-bond acceptors (Lipinski definition) is 3. The van der Waals surface area contributed by atoms with E-state index in [-0.39, 0.29) is 0 Å². The van der Waals surface area contributed by atoms with Crippen LogP contribution >= 0.6 is 22.7 Å². The highest BCUT2D eigenvalue weighted by molar-refractivity contribution is 7.26. The molecule has 11 aromatic rings.